The summed E-state index contributed by atoms with van der Waals surface area (Å²) in [5, 5.41) is 3.83. The molecule has 0 radical (unpaired) electrons. The van der Waals surface area contributed by atoms with Crippen LogP contribution in [0.2, 0.25) is 0 Å². The van der Waals surface area contributed by atoms with Gasteiger partial charge in [-0.3, -0.25) is 4.79 Å². The molecule has 2 aromatic carbocycles. The summed E-state index contributed by atoms with van der Waals surface area (Å²) < 4.78 is 33.7. The van der Waals surface area contributed by atoms with Gasteiger partial charge >= 0.3 is 5.97 Å². The van der Waals surface area contributed by atoms with Crippen molar-refractivity contribution in [3.63, 3.8) is 0 Å². The van der Waals surface area contributed by atoms with Crippen LogP contribution in [-0.2, 0) is 14.9 Å². The van der Waals surface area contributed by atoms with Crippen molar-refractivity contribution in [2.75, 3.05) is 0 Å². The molecule has 0 saturated heterocycles. The number of hydrogen-bond acceptors (Lipinski definition) is 4. The van der Waals surface area contributed by atoms with E-state index in [1.807, 2.05) is 38.1 Å². The van der Waals surface area contributed by atoms with Crippen LogP contribution in [0, 0.1) is 11.6 Å². The monoisotopic (exact) mass is 438 g/mol. The van der Waals surface area contributed by atoms with Gasteiger partial charge in [0.2, 0.25) is 0 Å². The average Bonchev–Trinajstić information content (AvgIpc) is 3.06. The number of para-hydroxylation sites is 1. The Labute approximate surface area is 184 Å². The fourth-order valence-corrected chi connectivity index (χ4v) is 4.29. The number of Topliss-reactive ketones (excluding diaryl/α,β-unsaturated/α-hetero) is 1. The zero-order valence-electron chi connectivity index (χ0n) is 18.3. The number of esters is 1. The zero-order valence-corrected chi connectivity index (χ0v) is 18.3. The molecule has 0 aliphatic carbocycles. The van der Waals surface area contributed by atoms with E-state index in [-0.39, 0.29) is 17.2 Å². The molecule has 0 fully saturated rings. The molecule has 1 aliphatic heterocycles. The molecule has 32 heavy (non-hydrogen) atoms. The minimum Gasteiger partial charge on any atom is -0.459 e. The predicted octanol–water partition coefficient (Wildman–Crippen LogP) is 4.87. The van der Waals surface area contributed by atoms with Gasteiger partial charge in [0.25, 0.3) is 0 Å². The van der Waals surface area contributed by atoms with E-state index >= 15 is 0 Å². The lowest BCUT2D eigenvalue weighted by atomic mass is 9.73. The number of ether oxygens (including phenoxy) is 1. The molecule has 1 aromatic heterocycles. The molecule has 0 amide bonds. The normalized spacial score (nSPS) is 17.3. The van der Waals surface area contributed by atoms with Crippen molar-refractivity contribution in [3.05, 3.63) is 77.1 Å². The van der Waals surface area contributed by atoms with Crippen molar-refractivity contribution >= 4 is 28.2 Å². The molecule has 1 aliphatic rings. The smallest absolute Gasteiger partial charge is 0.342 e. The topological polar surface area (TPSA) is 71.2 Å². The minimum absolute atomic E-state index is 0.230. The third kappa shape index (κ3) is 3.57. The Hall–Kier alpha value is -3.48. The lowest BCUT2D eigenvalue weighted by molar-refractivity contribution is -0.140. The molecular formula is C25H24F2N2O3. The molecule has 0 bridgehead atoms. The van der Waals surface area contributed by atoms with Crippen LogP contribution in [0.25, 0.3) is 16.5 Å². The second kappa shape index (κ2) is 7.89. The molecule has 1 unspecified atom stereocenters. The zero-order chi connectivity index (χ0) is 23.2. The summed E-state index contributed by atoms with van der Waals surface area (Å²) >= 11 is 0. The highest BCUT2D eigenvalue weighted by Crippen LogP contribution is 2.41. The molecule has 4 rings (SSSR count). The van der Waals surface area contributed by atoms with Gasteiger partial charge in [-0.2, -0.15) is 0 Å². The number of benzene rings is 2. The highest BCUT2D eigenvalue weighted by molar-refractivity contribution is 6.18. The van der Waals surface area contributed by atoms with E-state index < -0.39 is 34.8 Å². The van der Waals surface area contributed by atoms with E-state index in [1.165, 1.54) is 6.20 Å². The number of H-pyrrole nitrogens is 1. The summed E-state index contributed by atoms with van der Waals surface area (Å²) in [7, 11) is 0. The minimum atomic E-state index is -0.971. The Morgan fingerprint density at radius 3 is 2.53 bits per heavy atom. The van der Waals surface area contributed by atoms with E-state index in [0.717, 1.165) is 34.7 Å². The van der Waals surface area contributed by atoms with Crippen molar-refractivity contribution in [3.8, 4) is 0 Å². The maximum absolute atomic E-state index is 14.5. The number of ketones is 1. The van der Waals surface area contributed by atoms with Gasteiger partial charge in [0.1, 0.15) is 11.6 Å². The highest BCUT2D eigenvalue weighted by atomic mass is 19.1. The Balaban J connectivity index is 1.92. The molecular weight excluding hydrogens is 414 g/mol. The van der Waals surface area contributed by atoms with Crippen LogP contribution in [0.15, 0.2) is 48.7 Å². The average molecular weight is 438 g/mol. The summed E-state index contributed by atoms with van der Waals surface area (Å²) in [6.45, 7) is 7.17. The molecule has 7 heteroatoms. The quantitative estimate of drug-likeness (QED) is 0.450. The number of rotatable bonds is 4. The van der Waals surface area contributed by atoms with Gasteiger partial charge in [-0.25, -0.2) is 13.6 Å². The van der Waals surface area contributed by atoms with Gasteiger partial charge in [0.15, 0.2) is 5.78 Å². The Morgan fingerprint density at radius 1 is 1.09 bits per heavy atom. The first-order valence-electron chi connectivity index (χ1n) is 10.4. The van der Waals surface area contributed by atoms with Gasteiger partial charge in [0, 0.05) is 22.5 Å². The highest BCUT2D eigenvalue weighted by Gasteiger charge is 2.43. The van der Waals surface area contributed by atoms with Crippen LogP contribution in [-0.4, -0.2) is 28.9 Å². The molecule has 5 nitrogen and oxygen atoms in total. The van der Waals surface area contributed by atoms with Crippen LogP contribution in [0.3, 0.4) is 0 Å². The van der Waals surface area contributed by atoms with Gasteiger partial charge in [-0.1, -0.05) is 32.0 Å². The maximum atomic E-state index is 14.5. The summed E-state index contributed by atoms with van der Waals surface area (Å²) in [5.74, 6) is -2.68. The Morgan fingerprint density at radius 2 is 1.81 bits per heavy atom. The van der Waals surface area contributed by atoms with E-state index in [2.05, 4.69) is 10.3 Å². The summed E-state index contributed by atoms with van der Waals surface area (Å²) in [6, 6.07) is 9.33. The van der Waals surface area contributed by atoms with Gasteiger partial charge in [-0.15, -0.1) is 0 Å². The summed E-state index contributed by atoms with van der Waals surface area (Å²) in [5.41, 5.74) is 1.02. The van der Waals surface area contributed by atoms with Crippen LogP contribution in [0.5, 0.6) is 0 Å². The predicted molar refractivity (Wildman–Crippen MR) is 118 cm³/mol. The number of aromatic nitrogens is 1. The van der Waals surface area contributed by atoms with Gasteiger partial charge in [0.05, 0.1) is 29.0 Å². The van der Waals surface area contributed by atoms with E-state index in [9.17, 15) is 18.4 Å². The molecule has 166 valence electrons. The molecule has 0 saturated carbocycles. The fourth-order valence-electron chi connectivity index (χ4n) is 4.29. The number of hydrogen-bond donors (Lipinski definition) is 2. The maximum Gasteiger partial charge on any atom is 0.342 e. The van der Waals surface area contributed by atoms with Crippen LogP contribution in [0.1, 0.15) is 49.3 Å². The van der Waals surface area contributed by atoms with Crippen molar-refractivity contribution in [2.24, 2.45) is 0 Å². The van der Waals surface area contributed by atoms with Crippen LogP contribution < -0.4 is 5.32 Å². The van der Waals surface area contributed by atoms with Crippen molar-refractivity contribution < 1.29 is 23.1 Å². The van der Waals surface area contributed by atoms with E-state index in [1.54, 1.807) is 13.8 Å². The Bertz CT molecular complexity index is 1260. The number of carbonyl (C=O) groups excluding carboxylic acids is 2. The number of carbonyl (C=O) groups is 2. The number of fused-ring (bicyclic) bond motifs is 3. The second-order valence-corrected chi connectivity index (χ2v) is 8.74. The van der Waals surface area contributed by atoms with Gasteiger partial charge < -0.3 is 15.0 Å². The first kappa shape index (κ1) is 21.7. The molecule has 0 spiro atoms. The number of aromatic amines is 1. The summed E-state index contributed by atoms with van der Waals surface area (Å²) in [4.78, 5) is 29.6. The Kier molecular flexibility index (Phi) is 5.36. The third-order valence-electron chi connectivity index (χ3n) is 5.75. The molecule has 2 N–H and O–H groups in total. The van der Waals surface area contributed by atoms with Crippen molar-refractivity contribution in [1.82, 2.24) is 10.3 Å². The third-order valence-corrected chi connectivity index (χ3v) is 5.75. The van der Waals surface area contributed by atoms with Crippen molar-refractivity contribution in [2.45, 2.75) is 45.3 Å². The first-order valence-corrected chi connectivity index (χ1v) is 10.4. The molecule has 1 atom stereocenters. The molecule has 3 aromatic rings. The van der Waals surface area contributed by atoms with Crippen molar-refractivity contribution in [1.29, 1.82) is 0 Å². The summed E-state index contributed by atoms with van der Waals surface area (Å²) in [6.07, 6.45) is 1.08. The van der Waals surface area contributed by atoms with Crippen LogP contribution in [0.4, 0.5) is 8.78 Å². The fraction of sp³-hybridized carbons (Fsp3) is 0.280. The number of nitrogens with one attached hydrogen (secondary N) is 2. The van der Waals surface area contributed by atoms with E-state index in [0.29, 0.717) is 5.69 Å². The lowest BCUT2D eigenvalue weighted by Gasteiger charge is -2.33. The first-order chi connectivity index (χ1) is 15.1. The standard InChI is InChI=1S/C25H24F2N2O3/c1-13(2)32-24(31)17-12-28-23(22(30)16-11-14(26)9-10-18(16)27)25(3,4)20-15-7-5-6-8-19(15)29-21(17)20/h5-13,23,28-29H,1-4H3. The number of halogens is 2. The van der Waals surface area contributed by atoms with Crippen LogP contribution >= 0.6 is 0 Å². The largest absolute Gasteiger partial charge is 0.459 e. The lowest BCUT2D eigenvalue weighted by Crippen LogP contribution is -2.48. The molecule has 2 heterocycles. The van der Waals surface area contributed by atoms with Gasteiger partial charge in [-0.05, 0) is 43.7 Å². The van der Waals surface area contributed by atoms with E-state index in [4.69, 9.17) is 4.74 Å². The second-order valence-electron chi connectivity index (χ2n) is 8.74. The SMILES string of the molecule is CC(C)OC(=O)C1=CNC(C(=O)c2cc(F)ccc2F)C(C)(C)c2c1[nH]c1ccccc21.